The minimum Gasteiger partial charge on any atom is -0.479 e. The number of methoxy groups -OCH3 is 1. The summed E-state index contributed by atoms with van der Waals surface area (Å²) in [5, 5.41) is 6.26. The number of anilines is 1. The molecule has 0 saturated heterocycles. The Morgan fingerprint density at radius 2 is 2.30 bits per heavy atom. The molecule has 0 radical (unpaired) electrons. The van der Waals surface area contributed by atoms with Crippen molar-refractivity contribution in [2.24, 2.45) is 0 Å². The van der Waals surface area contributed by atoms with E-state index in [1.165, 1.54) is 5.56 Å². The van der Waals surface area contributed by atoms with Crippen LogP contribution in [0.3, 0.4) is 0 Å². The predicted molar refractivity (Wildman–Crippen MR) is 78.2 cm³/mol. The van der Waals surface area contributed by atoms with Gasteiger partial charge in [0.2, 0.25) is 0 Å². The van der Waals surface area contributed by atoms with Crippen LogP contribution in [-0.4, -0.2) is 38.3 Å². The molecular formula is C15H22N2O3. The van der Waals surface area contributed by atoms with Crippen molar-refractivity contribution in [2.45, 2.75) is 32.4 Å². The van der Waals surface area contributed by atoms with Gasteiger partial charge in [-0.15, -0.1) is 0 Å². The fourth-order valence-corrected chi connectivity index (χ4v) is 2.22. The Balaban J connectivity index is 1.97. The van der Waals surface area contributed by atoms with Crippen LogP contribution < -0.4 is 15.4 Å². The molecule has 1 aliphatic heterocycles. The largest absolute Gasteiger partial charge is 0.479 e. The van der Waals surface area contributed by atoms with Crippen LogP contribution in [0.25, 0.3) is 0 Å². The van der Waals surface area contributed by atoms with E-state index in [-0.39, 0.29) is 5.91 Å². The summed E-state index contributed by atoms with van der Waals surface area (Å²) < 4.78 is 10.6. The number of amides is 1. The first-order chi connectivity index (χ1) is 9.60. The first-order valence-corrected chi connectivity index (χ1v) is 6.93. The van der Waals surface area contributed by atoms with Crippen LogP contribution in [0.2, 0.25) is 0 Å². The van der Waals surface area contributed by atoms with Crippen LogP contribution in [0.5, 0.6) is 5.75 Å². The van der Waals surface area contributed by atoms with E-state index in [9.17, 15) is 4.79 Å². The van der Waals surface area contributed by atoms with Gasteiger partial charge in [-0.2, -0.15) is 0 Å². The smallest absolute Gasteiger partial charge is 0.265 e. The van der Waals surface area contributed by atoms with Gasteiger partial charge >= 0.3 is 0 Å². The first kappa shape index (κ1) is 14.8. The standard InChI is InChI=1S/C15H22N2O3/c1-10(16-6-7-19-3)8-12-4-5-14-13(9-12)17-15(18)11(2)20-14/h4-5,9-11,16H,6-8H2,1-3H3,(H,17,18). The zero-order valence-electron chi connectivity index (χ0n) is 12.2. The van der Waals surface area contributed by atoms with Gasteiger partial charge in [-0.3, -0.25) is 4.79 Å². The summed E-state index contributed by atoms with van der Waals surface area (Å²) in [5.74, 6) is 0.641. The molecule has 1 amide bonds. The monoisotopic (exact) mass is 278 g/mol. The molecule has 0 bridgehead atoms. The molecule has 0 aromatic heterocycles. The minimum absolute atomic E-state index is 0.0964. The van der Waals surface area contributed by atoms with Gasteiger partial charge in [0, 0.05) is 19.7 Å². The van der Waals surface area contributed by atoms with E-state index in [0.29, 0.717) is 12.6 Å². The lowest BCUT2D eigenvalue weighted by Crippen LogP contribution is -2.34. The highest BCUT2D eigenvalue weighted by molar-refractivity contribution is 5.97. The molecule has 0 spiro atoms. The third kappa shape index (κ3) is 3.71. The maximum atomic E-state index is 11.6. The van der Waals surface area contributed by atoms with E-state index in [4.69, 9.17) is 9.47 Å². The minimum atomic E-state index is -0.428. The SMILES string of the molecule is COCCNC(C)Cc1ccc2c(c1)NC(=O)C(C)O2. The molecule has 5 nitrogen and oxygen atoms in total. The molecule has 20 heavy (non-hydrogen) atoms. The average Bonchev–Trinajstić information content (AvgIpc) is 2.41. The van der Waals surface area contributed by atoms with Crippen molar-refractivity contribution < 1.29 is 14.3 Å². The van der Waals surface area contributed by atoms with E-state index < -0.39 is 6.10 Å². The fourth-order valence-electron chi connectivity index (χ4n) is 2.22. The zero-order chi connectivity index (χ0) is 14.5. The number of rotatable bonds is 6. The second kappa shape index (κ2) is 6.72. The molecule has 2 unspecified atom stereocenters. The van der Waals surface area contributed by atoms with E-state index >= 15 is 0 Å². The van der Waals surface area contributed by atoms with Gasteiger partial charge in [-0.1, -0.05) is 6.07 Å². The topological polar surface area (TPSA) is 59.6 Å². The Kier molecular flexibility index (Phi) is 4.98. The summed E-state index contributed by atoms with van der Waals surface area (Å²) in [6.07, 6.45) is 0.463. The van der Waals surface area contributed by atoms with E-state index in [0.717, 1.165) is 24.4 Å². The van der Waals surface area contributed by atoms with E-state index in [1.807, 2.05) is 18.2 Å². The number of carbonyl (C=O) groups is 1. The van der Waals surface area contributed by atoms with Crippen LogP contribution >= 0.6 is 0 Å². The van der Waals surface area contributed by atoms with E-state index in [2.05, 4.69) is 17.6 Å². The number of hydrogen-bond donors (Lipinski definition) is 2. The lowest BCUT2D eigenvalue weighted by atomic mass is 10.1. The molecule has 0 saturated carbocycles. The Morgan fingerprint density at radius 3 is 3.05 bits per heavy atom. The highest BCUT2D eigenvalue weighted by Gasteiger charge is 2.23. The summed E-state index contributed by atoms with van der Waals surface area (Å²) in [6, 6.07) is 6.29. The number of hydrogen-bond acceptors (Lipinski definition) is 4. The lowest BCUT2D eigenvalue weighted by Gasteiger charge is -2.24. The Hall–Kier alpha value is -1.59. The average molecular weight is 278 g/mol. The molecule has 0 aliphatic carbocycles. The second-order valence-electron chi connectivity index (χ2n) is 5.13. The van der Waals surface area contributed by atoms with E-state index in [1.54, 1.807) is 14.0 Å². The summed E-state index contributed by atoms with van der Waals surface area (Å²) >= 11 is 0. The van der Waals surface area contributed by atoms with Crippen molar-refractivity contribution in [2.75, 3.05) is 25.6 Å². The van der Waals surface area contributed by atoms with Crippen molar-refractivity contribution in [3.8, 4) is 5.75 Å². The van der Waals surface area contributed by atoms with Crippen LogP contribution in [0.15, 0.2) is 18.2 Å². The van der Waals surface area contributed by atoms with Crippen molar-refractivity contribution in [3.63, 3.8) is 0 Å². The van der Waals surface area contributed by atoms with Gasteiger partial charge in [0.15, 0.2) is 6.10 Å². The van der Waals surface area contributed by atoms with Gasteiger partial charge in [0.1, 0.15) is 5.75 Å². The van der Waals surface area contributed by atoms with Gasteiger partial charge < -0.3 is 20.1 Å². The number of benzene rings is 1. The van der Waals surface area contributed by atoms with Gasteiger partial charge in [-0.25, -0.2) is 0 Å². The number of ether oxygens (including phenoxy) is 2. The molecule has 5 heteroatoms. The summed E-state index contributed by atoms with van der Waals surface area (Å²) in [6.45, 7) is 5.41. The first-order valence-electron chi connectivity index (χ1n) is 6.93. The highest BCUT2D eigenvalue weighted by atomic mass is 16.5. The van der Waals surface area contributed by atoms with Crippen molar-refractivity contribution in [1.29, 1.82) is 0 Å². The van der Waals surface area contributed by atoms with Gasteiger partial charge in [-0.05, 0) is 38.0 Å². The molecule has 1 heterocycles. The Bertz CT molecular complexity index is 476. The zero-order valence-corrected chi connectivity index (χ0v) is 12.2. The molecule has 2 rings (SSSR count). The molecule has 0 fully saturated rings. The molecule has 1 aromatic carbocycles. The van der Waals surface area contributed by atoms with Crippen LogP contribution in [0.1, 0.15) is 19.4 Å². The summed E-state index contributed by atoms with van der Waals surface area (Å²) in [5.41, 5.74) is 1.93. The van der Waals surface area contributed by atoms with Crippen LogP contribution in [0.4, 0.5) is 5.69 Å². The quantitative estimate of drug-likeness (QED) is 0.776. The Labute approximate surface area is 119 Å². The third-order valence-electron chi connectivity index (χ3n) is 3.32. The van der Waals surface area contributed by atoms with Gasteiger partial charge in [0.25, 0.3) is 5.91 Å². The molecule has 1 aromatic rings. The highest BCUT2D eigenvalue weighted by Crippen LogP contribution is 2.30. The molecule has 2 atom stereocenters. The summed E-state index contributed by atoms with van der Waals surface area (Å²) in [7, 11) is 1.69. The second-order valence-corrected chi connectivity index (χ2v) is 5.13. The lowest BCUT2D eigenvalue weighted by molar-refractivity contribution is -0.122. The maximum absolute atomic E-state index is 11.6. The van der Waals surface area contributed by atoms with Crippen molar-refractivity contribution in [1.82, 2.24) is 5.32 Å². The van der Waals surface area contributed by atoms with Crippen LogP contribution in [-0.2, 0) is 16.0 Å². The van der Waals surface area contributed by atoms with Gasteiger partial charge in [0.05, 0.1) is 12.3 Å². The summed E-state index contributed by atoms with van der Waals surface area (Å²) in [4.78, 5) is 11.6. The predicted octanol–water partition coefficient (Wildman–Crippen LogP) is 1.57. The molecule has 1 aliphatic rings. The van der Waals surface area contributed by atoms with Crippen molar-refractivity contribution in [3.05, 3.63) is 23.8 Å². The number of carbonyl (C=O) groups excluding carboxylic acids is 1. The molecular weight excluding hydrogens is 256 g/mol. The van der Waals surface area contributed by atoms with Crippen molar-refractivity contribution >= 4 is 11.6 Å². The molecule has 2 N–H and O–H groups in total. The van der Waals surface area contributed by atoms with Crippen LogP contribution in [0, 0.1) is 0 Å². The number of fused-ring (bicyclic) bond motifs is 1. The Morgan fingerprint density at radius 1 is 1.50 bits per heavy atom. The number of nitrogens with one attached hydrogen (secondary N) is 2. The maximum Gasteiger partial charge on any atom is 0.265 e. The third-order valence-corrected chi connectivity index (χ3v) is 3.32. The fraction of sp³-hybridized carbons (Fsp3) is 0.533. The molecule has 110 valence electrons. The normalized spacial score (nSPS) is 18.9.